The highest BCUT2D eigenvalue weighted by Gasteiger charge is 2.15. The number of nitrogens with zero attached hydrogens (tertiary/aromatic N) is 5. The van der Waals surface area contributed by atoms with Crippen molar-refractivity contribution in [3.63, 3.8) is 0 Å². The predicted octanol–water partition coefficient (Wildman–Crippen LogP) is 3.37. The lowest BCUT2D eigenvalue weighted by atomic mass is 10.1. The number of hydrogen-bond acceptors (Lipinski definition) is 9. The van der Waals surface area contributed by atoms with Gasteiger partial charge in [-0.1, -0.05) is 33.6 Å². The number of fused-ring (bicyclic) bond motifs is 1. The topological polar surface area (TPSA) is 148 Å². The fourth-order valence-corrected chi connectivity index (χ4v) is 3.27. The molecule has 3 N–H and O–H groups in total. The van der Waals surface area contributed by atoms with Gasteiger partial charge in [-0.25, -0.2) is 28.4 Å². The van der Waals surface area contributed by atoms with Gasteiger partial charge in [-0.05, 0) is 45.0 Å². The van der Waals surface area contributed by atoms with Crippen LogP contribution in [0.5, 0.6) is 0 Å². The highest BCUT2D eigenvalue weighted by Crippen LogP contribution is 2.23. The molecule has 10 nitrogen and oxygen atoms in total. The lowest BCUT2D eigenvalue weighted by Gasteiger charge is -2.20. The Kier molecular flexibility index (Phi) is 12.3. The molecule has 1 aliphatic rings. The van der Waals surface area contributed by atoms with Crippen molar-refractivity contribution in [3.05, 3.63) is 24.7 Å². The van der Waals surface area contributed by atoms with Crippen LogP contribution in [-0.4, -0.2) is 71.4 Å². The van der Waals surface area contributed by atoms with E-state index in [1.54, 1.807) is 12.3 Å². The average Bonchev–Trinajstić information content (AvgIpc) is 3.29. The summed E-state index contributed by atoms with van der Waals surface area (Å²) < 4.78 is 22.7. The molecule has 0 radical (unpaired) electrons. The lowest BCUT2D eigenvalue weighted by molar-refractivity contribution is -0.0980. The minimum absolute atomic E-state index is 0.0459. The third-order valence-electron chi connectivity index (χ3n) is 5.06. The van der Waals surface area contributed by atoms with E-state index in [0.29, 0.717) is 22.4 Å². The van der Waals surface area contributed by atoms with Gasteiger partial charge in [-0.3, -0.25) is 0 Å². The number of carbonyl (C=O) groups is 1. The Labute approximate surface area is 202 Å². The Morgan fingerprint density at radius 1 is 1.12 bits per heavy atom. The Balaban J connectivity index is 0.000000340. The lowest BCUT2D eigenvalue weighted by Crippen LogP contribution is -2.24. The van der Waals surface area contributed by atoms with Crippen molar-refractivity contribution in [2.24, 2.45) is 5.92 Å². The van der Waals surface area contributed by atoms with Crippen LogP contribution in [0.15, 0.2) is 29.8 Å². The molecule has 188 valence electrons. The number of likely N-dealkylation sites (tertiary alicyclic amines) is 1. The number of hydrogen-bond donors (Lipinski definition) is 2. The second-order valence-electron chi connectivity index (χ2n) is 8.36. The van der Waals surface area contributed by atoms with E-state index in [2.05, 4.69) is 57.6 Å². The molecular formula is C23H37N7O3S. The molecule has 0 atom stereocenters. The number of nitrogens with one attached hydrogen (secondary N) is 1. The summed E-state index contributed by atoms with van der Waals surface area (Å²) in [6, 6.07) is 1.77. The largest absolute Gasteiger partial charge is 0.383 e. The molecule has 4 rings (SSSR count). The van der Waals surface area contributed by atoms with Crippen molar-refractivity contribution in [2.75, 3.05) is 32.1 Å². The van der Waals surface area contributed by atoms with Gasteiger partial charge in [0.25, 0.3) is 0 Å². The summed E-state index contributed by atoms with van der Waals surface area (Å²) in [5.41, 5.74) is 8.03. The van der Waals surface area contributed by atoms with Crippen LogP contribution in [0.4, 0.5) is 5.82 Å². The van der Waals surface area contributed by atoms with Crippen molar-refractivity contribution in [2.45, 2.75) is 51.6 Å². The molecule has 34 heavy (non-hydrogen) atoms. The molecule has 1 aliphatic heterocycles. The normalized spacial score (nSPS) is 13.7. The van der Waals surface area contributed by atoms with Crippen molar-refractivity contribution in [1.82, 2.24) is 29.8 Å². The summed E-state index contributed by atoms with van der Waals surface area (Å²) in [7, 11) is -1.30. The number of H-pyrrole nitrogens is 1. The molecule has 3 aromatic rings. The van der Waals surface area contributed by atoms with E-state index in [1.165, 1.54) is 51.2 Å². The maximum atomic E-state index is 11.4. The summed E-state index contributed by atoms with van der Waals surface area (Å²) in [6.07, 6.45) is 11.2. The van der Waals surface area contributed by atoms with Gasteiger partial charge >= 0.3 is 0 Å². The van der Waals surface area contributed by atoms with E-state index in [-0.39, 0.29) is 11.0 Å². The van der Waals surface area contributed by atoms with Gasteiger partial charge in [0.2, 0.25) is 15.0 Å². The maximum absolute atomic E-state index is 11.4. The maximum Gasteiger partial charge on any atom is 0.248 e. The second kappa shape index (κ2) is 14.4. The number of aromatic nitrogens is 5. The molecule has 0 spiro atoms. The van der Waals surface area contributed by atoms with E-state index in [0.717, 1.165) is 12.2 Å². The summed E-state index contributed by atoms with van der Waals surface area (Å²) >= 11 is 0. The Bertz CT molecular complexity index is 1110. The Hall–Kier alpha value is -2.92. The Morgan fingerprint density at radius 2 is 1.74 bits per heavy atom. The van der Waals surface area contributed by atoms with E-state index in [1.807, 2.05) is 6.79 Å². The van der Waals surface area contributed by atoms with Gasteiger partial charge in [0.05, 0.1) is 17.5 Å². The van der Waals surface area contributed by atoms with Gasteiger partial charge in [0.15, 0.2) is 5.65 Å². The molecule has 1 saturated heterocycles. The number of aromatic amines is 1. The number of anilines is 1. The van der Waals surface area contributed by atoms with Gasteiger partial charge in [-0.15, -0.1) is 0 Å². The molecular weight excluding hydrogens is 454 g/mol. The first-order valence-corrected chi connectivity index (χ1v) is 13.1. The molecule has 4 heterocycles. The van der Waals surface area contributed by atoms with Crippen molar-refractivity contribution in [3.8, 4) is 11.3 Å². The van der Waals surface area contributed by atoms with Crippen LogP contribution in [0.1, 0.15) is 46.5 Å². The molecule has 0 bridgehead atoms. The molecule has 11 heteroatoms. The van der Waals surface area contributed by atoms with E-state index in [9.17, 15) is 8.42 Å². The molecule has 0 aromatic carbocycles. The quantitative estimate of drug-likeness (QED) is 0.526. The fourth-order valence-electron chi connectivity index (χ4n) is 2.77. The molecule has 0 aliphatic carbocycles. The van der Waals surface area contributed by atoms with Crippen LogP contribution in [0.3, 0.4) is 0 Å². The zero-order valence-corrected chi connectivity index (χ0v) is 21.6. The van der Waals surface area contributed by atoms with Crippen LogP contribution in [0, 0.1) is 5.92 Å². The number of piperidine rings is 1. The van der Waals surface area contributed by atoms with Crippen LogP contribution >= 0.6 is 0 Å². The first-order valence-electron chi connectivity index (χ1n) is 11.2. The predicted molar refractivity (Wildman–Crippen MR) is 136 cm³/mol. The highest BCUT2D eigenvalue weighted by molar-refractivity contribution is 7.90. The Morgan fingerprint density at radius 3 is 2.21 bits per heavy atom. The molecule has 1 fully saturated rings. The van der Waals surface area contributed by atoms with Crippen LogP contribution < -0.4 is 5.73 Å². The number of nitrogens with two attached hydrogens (primary N) is 1. The van der Waals surface area contributed by atoms with Crippen molar-refractivity contribution in [1.29, 1.82) is 0 Å². The first-order chi connectivity index (χ1) is 16.1. The second-order valence-corrected chi connectivity index (χ2v) is 10.3. The minimum Gasteiger partial charge on any atom is -0.383 e. The number of rotatable bonds is 3. The number of sulfone groups is 1. The number of carbonyl (C=O) groups excluding carboxylic acids is 1. The van der Waals surface area contributed by atoms with Gasteiger partial charge < -0.3 is 20.4 Å². The molecule has 0 unspecified atom stereocenters. The third kappa shape index (κ3) is 9.52. The minimum atomic E-state index is -3.49. The van der Waals surface area contributed by atoms with E-state index in [4.69, 9.17) is 10.5 Å². The van der Waals surface area contributed by atoms with Gasteiger partial charge in [0, 0.05) is 18.6 Å². The summed E-state index contributed by atoms with van der Waals surface area (Å²) in [5.74, 6) is 0.930. The van der Waals surface area contributed by atoms with E-state index >= 15 is 0 Å². The van der Waals surface area contributed by atoms with E-state index < -0.39 is 9.84 Å². The summed E-state index contributed by atoms with van der Waals surface area (Å²) in [4.78, 5) is 29.4. The summed E-state index contributed by atoms with van der Waals surface area (Å²) in [6.45, 7) is 11.3. The SMILES string of the molecule is C=O.CCC(C)C.CN1CCCCC1.CS(=O)(=O)c1ncc(-c2cnc3[nH]ccc3n2)c(N)n1. The van der Waals surface area contributed by atoms with Crippen LogP contribution in [0.25, 0.3) is 22.4 Å². The fraction of sp³-hybridized carbons (Fsp3) is 0.522. The van der Waals surface area contributed by atoms with Crippen molar-refractivity contribution >= 4 is 33.6 Å². The van der Waals surface area contributed by atoms with Gasteiger partial charge in [-0.2, -0.15) is 0 Å². The monoisotopic (exact) mass is 491 g/mol. The zero-order chi connectivity index (χ0) is 25.7. The zero-order valence-electron chi connectivity index (χ0n) is 20.8. The van der Waals surface area contributed by atoms with Crippen molar-refractivity contribution < 1.29 is 13.2 Å². The average molecular weight is 492 g/mol. The number of nitrogen functional groups attached to an aromatic ring is 1. The van der Waals surface area contributed by atoms with Gasteiger partial charge in [0.1, 0.15) is 18.1 Å². The standard InChI is InChI=1S/C11H10N6O2S.C6H13N.C5H12.CH2O/c1-20(18,19)11-15-4-6(9(12)17-11)8-5-14-10-7(16-8)2-3-13-10;1-7-5-3-2-4-6-7;1-4-5(2)3;1-2/h2-5H,1H3,(H,13,14)(H2,12,15,17);2-6H2,1H3;5H,4H2,1-3H3;1H2. The molecule has 0 saturated carbocycles. The molecule has 3 aromatic heterocycles. The summed E-state index contributed by atoms with van der Waals surface area (Å²) in [5, 5.41) is -0.311. The van der Waals surface area contributed by atoms with Crippen LogP contribution in [0.2, 0.25) is 0 Å². The smallest absolute Gasteiger partial charge is 0.248 e. The van der Waals surface area contributed by atoms with Crippen LogP contribution in [-0.2, 0) is 14.6 Å². The third-order valence-corrected chi connectivity index (χ3v) is 5.92. The molecule has 0 amide bonds. The first kappa shape index (κ1) is 29.1. The highest BCUT2D eigenvalue weighted by atomic mass is 32.2.